The molecular formula is C14H23N. The average molecular weight is 205 g/mol. The molecule has 84 valence electrons. The first-order valence-electron chi connectivity index (χ1n) is 6.07. The van der Waals surface area contributed by atoms with Crippen molar-refractivity contribution in [3.63, 3.8) is 0 Å². The van der Waals surface area contributed by atoms with Gasteiger partial charge in [-0.3, -0.25) is 0 Å². The third kappa shape index (κ3) is 3.07. The zero-order valence-electron chi connectivity index (χ0n) is 10.4. The lowest BCUT2D eigenvalue weighted by atomic mass is 9.97. The van der Waals surface area contributed by atoms with E-state index in [9.17, 15) is 0 Å². The van der Waals surface area contributed by atoms with Crippen LogP contribution in [0.15, 0.2) is 18.2 Å². The summed E-state index contributed by atoms with van der Waals surface area (Å²) < 4.78 is 0. The van der Waals surface area contributed by atoms with E-state index in [2.05, 4.69) is 51.2 Å². The van der Waals surface area contributed by atoms with Gasteiger partial charge in [0, 0.05) is 6.04 Å². The van der Waals surface area contributed by atoms with E-state index in [1.165, 1.54) is 16.7 Å². The van der Waals surface area contributed by atoms with E-state index in [0.29, 0.717) is 6.04 Å². The van der Waals surface area contributed by atoms with Gasteiger partial charge in [0.1, 0.15) is 0 Å². The summed E-state index contributed by atoms with van der Waals surface area (Å²) in [6, 6.07) is 7.35. The Morgan fingerprint density at radius 2 is 1.73 bits per heavy atom. The first kappa shape index (κ1) is 12.3. The molecule has 0 bridgehead atoms. The fourth-order valence-corrected chi connectivity index (χ4v) is 2.01. The smallest absolute Gasteiger partial charge is 0.0291 e. The summed E-state index contributed by atoms with van der Waals surface area (Å²) in [5, 5.41) is 3.45. The molecule has 0 aromatic heterocycles. The third-order valence-corrected chi connectivity index (χ3v) is 3.00. The number of benzene rings is 1. The van der Waals surface area contributed by atoms with Crippen LogP contribution in [0.25, 0.3) is 0 Å². The molecular weight excluding hydrogens is 182 g/mol. The number of hydrogen-bond donors (Lipinski definition) is 1. The molecule has 15 heavy (non-hydrogen) atoms. The molecule has 0 aliphatic carbocycles. The minimum absolute atomic E-state index is 0.464. The van der Waals surface area contributed by atoms with Crippen molar-refractivity contribution in [1.82, 2.24) is 5.32 Å². The molecule has 0 fully saturated rings. The normalized spacial score (nSPS) is 12.8. The molecule has 0 heterocycles. The number of nitrogens with one attached hydrogen (secondary N) is 1. The summed E-state index contributed by atoms with van der Waals surface area (Å²) in [5.74, 6) is 0. The van der Waals surface area contributed by atoms with Gasteiger partial charge in [-0.05, 0) is 43.0 Å². The molecule has 1 nitrogen and oxygen atoms in total. The van der Waals surface area contributed by atoms with Crippen LogP contribution in [-0.4, -0.2) is 6.54 Å². The predicted octanol–water partition coefficient (Wildman–Crippen LogP) is 3.48. The Labute approximate surface area is 93.9 Å². The van der Waals surface area contributed by atoms with Gasteiger partial charge < -0.3 is 5.32 Å². The Morgan fingerprint density at radius 3 is 2.27 bits per heavy atom. The number of hydrogen-bond acceptors (Lipinski definition) is 1. The molecule has 0 spiro atoms. The van der Waals surface area contributed by atoms with Crippen LogP contribution in [0.1, 0.15) is 50.4 Å². The van der Waals surface area contributed by atoms with Gasteiger partial charge in [-0.25, -0.2) is 0 Å². The van der Waals surface area contributed by atoms with Gasteiger partial charge in [0.05, 0.1) is 0 Å². The van der Waals surface area contributed by atoms with Crippen LogP contribution in [0.4, 0.5) is 0 Å². The predicted molar refractivity (Wildman–Crippen MR) is 67.3 cm³/mol. The van der Waals surface area contributed by atoms with E-state index in [0.717, 1.165) is 19.4 Å². The molecule has 1 aromatic carbocycles. The number of rotatable bonds is 5. The van der Waals surface area contributed by atoms with Crippen molar-refractivity contribution in [2.75, 3.05) is 6.54 Å². The molecule has 0 amide bonds. The minimum Gasteiger partial charge on any atom is -0.310 e. The van der Waals surface area contributed by atoms with E-state index in [1.54, 1.807) is 0 Å². The summed E-state index contributed by atoms with van der Waals surface area (Å²) in [4.78, 5) is 0. The first-order chi connectivity index (χ1) is 7.22. The quantitative estimate of drug-likeness (QED) is 0.776. The molecule has 0 aliphatic rings. The Balaban J connectivity index is 2.92. The Morgan fingerprint density at radius 1 is 1.07 bits per heavy atom. The SMILES string of the molecule is CCNC(C)c1ccc(CC)c(CC)c1. The third-order valence-electron chi connectivity index (χ3n) is 3.00. The molecule has 0 aliphatic heterocycles. The highest BCUT2D eigenvalue weighted by Crippen LogP contribution is 2.18. The zero-order chi connectivity index (χ0) is 11.3. The topological polar surface area (TPSA) is 12.0 Å². The molecule has 1 unspecified atom stereocenters. The Kier molecular flexibility index (Phi) is 4.83. The van der Waals surface area contributed by atoms with Crippen molar-refractivity contribution < 1.29 is 0 Å². The molecule has 1 heteroatoms. The summed E-state index contributed by atoms with van der Waals surface area (Å²) in [6.07, 6.45) is 2.27. The maximum Gasteiger partial charge on any atom is 0.0291 e. The van der Waals surface area contributed by atoms with E-state index in [4.69, 9.17) is 0 Å². The fraction of sp³-hybridized carbons (Fsp3) is 0.571. The van der Waals surface area contributed by atoms with Crippen LogP contribution in [-0.2, 0) is 12.8 Å². The molecule has 0 radical (unpaired) electrons. The number of aryl methyl sites for hydroxylation is 2. The van der Waals surface area contributed by atoms with E-state index < -0.39 is 0 Å². The highest BCUT2D eigenvalue weighted by molar-refractivity contribution is 5.33. The lowest BCUT2D eigenvalue weighted by Gasteiger charge is -2.15. The molecule has 0 saturated heterocycles. The molecule has 1 rings (SSSR count). The van der Waals surface area contributed by atoms with Gasteiger partial charge in [0.2, 0.25) is 0 Å². The summed E-state index contributed by atoms with van der Waals surface area (Å²) in [6.45, 7) is 9.86. The Bertz CT molecular complexity index is 304. The zero-order valence-corrected chi connectivity index (χ0v) is 10.4. The summed E-state index contributed by atoms with van der Waals surface area (Å²) in [7, 11) is 0. The lowest BCUT2D eigenvalue weighted by molar-refractivity contribution is 0.597. The average Bonchev–Trinajstić information content (AvgIpc) is 2.28. The summed E-state index contributed by atoms with van der Waals surface area (Å²) in [5.41, 5.74) is 4.40. The van der Waals surface area contributed by atoms with E-state index in [-0.39, 0.29) is 0 Å². The van der Waals surface area contributed by atoms with Crippen LogP contribution >= 0.6 is 0 Å². The highest BCUT2D eigenvalue weighted by atomic mass is 14.9. The van der Waals surface area contributed by atoms with Gasteiger partial charge in [-0.2, -0.15) is 0 Å². The second-order valence-electron chi connectivity index (χ2n) is 4.01. The van der Waals surface area contributed by atoms with Gasteiger partial charge in [0.25, 0.3) is 0 Å². The maximum atomic E-state index is 3.45. The molecule has 1 N–H and O–H groups in total. The van der Waals surface area contributed by atoms with Crippen LogP contribution in [0.3, 0.4) is 0 Å². The largest absolute Gasteiger partial charge is 0.310 e. The van der Waals surface area contributed by atoms with Crippen LogP contribution in [0.5, 0.6) is 0 Å². The second kappa shape index (κ2) is 5.92. The van der Waals surface area contributed by atoms with E-state index in [1.807, 2.05) is 0 Å². The Hall–Kier alpha value is -0.820. The van der Waals surface area contributed by atoms with Crippen molar-refractivity contribution in [3.8, 4) is 0 Å². The lowest BCUT2D eigenvalue weighted by Crippen LogP contribution is -2.17. The van der Waals surface area contributed by atoms with Gasteiger partial charge in [0.15, 0.2) is 0 Å². The van der Waals surface area contributed by atoms with Crippen molar-refractivity contribution in [3.05, 3.63) is 34.9 Å². The van der Waals surface area contributed by atoms with Crippen molar-refractivity contribution in [1.29, 1.82) is 0 Å². The van der Waals surface area contributed by atoms with Crippen LogP contribution in [0, 0.1) is 0 Å². The fourth-order valence-electron chi connectivity index (χ4n) is 2.01. The van der Waals surface area contributed by atoms with Crippen LogP contribution in [0.2, 0.25) is 0 Å². The van der Waals surface area contributed by atoms with Gasteiger partial charge in [-0.15, -0.1) is 0 Å². The van der Waals surface area contributed by atoms with Gasteiger partial charge >= 0.3 is 0 Å². The molecule has 1 aromatic rings. The molecule has 0 saturated carbocycles. The summed E-state index contributed by atoms with van der Waals surface area (Å²) >= 11 is 0. The standard InChI is InChI=1S/C14H23N/c1-5-12-8-9-14(10-13(12)6-2)11(4)15-7-3/h8-11,15H,5-7H2,1-4H3. The molecule has 1 atom stereocenters. The van der Waals surface area contributed by atoms with Crippen molar-refractivity contribution in [2.24, 2.45) is 0 Å². The highest BCUT2D eigenvalue weighted by Gasteiger charge is 2.06. The van der Waals surface area contributed by atoms with Crippen molar-refractivity contribution >= 4 is 0 Å². The first-order valence-corrected chi connectivity index (χ1v) is 6.07. The second-order valence-corrected chi connectivity index (χ2v) is 4.01. The van der Waals surface area contributed by atoms with Gasteiger partial charge in [-0.1, -0.05) is 39.0 Å². The maximum absolute atomic E-state index is 3.45. The van der Waals surface area contributed by atoms with Crippen LogP contribution < -0.4 is 5.32 Å². The van der Waals surface area contributed by atoms with E-state index >= 15 is 0 Å². The minimum atomic E-state index is 0.464. The van der Waals surface area contributed by atoms with Crippen molar-refractivity contribution in [2.45, 2.75) is 46.6 Å². The monoisotopic (exact) mass is 205 g/mol.